The Kier molecular flexibility index (Phi) is 5.75. The fraction of sp³-hybridized carbons (Fsp3) is 0.143. The van der Waals surface area contributed by atoms with Crippen molar-refractivity contribution in [3.63, 3.8) is 0 Å². The second-order valence-electron chi connectivity index (χ2n) is 8.59. The Hall–Kier alpha value is -2.89. The van der Waals surface area contributed by atoms with Crippen LogP contribution in [0.15, 0.2) is 115 Å². The van der Waals surface area contributed by atoms with Gasteiger partial charge in [0.1, 0.15) is 0 Å². The minimum atomic E-state index is -2.44. The molecule has 0 aliphatic rings. The molecule has 0 unspecified atom stereocenters. The zero-order valence-corrected chi connectivity index (χ0v) is 18.9. The quantitative estimate of drug-likeness (QED) is 0.409. The van der Waals surface area contributed by atoms with E-state index in [1.54, 1.807) is 0 Å². The summed E-state index contributed by atoms with van der Waals surface area (Å²) < 4.78 is 6.10. The van der Waals surface area contributed by atoms with Crippen LogP contribution in [0, 0.1) is 0 Å². The monoisotopic (exact) mass is 412 g/mol. The standard InChI is InChI=1S/C28H29OP/c1-28(2,3)29-23-19-21-27(22-20-23)30(24-13-7-4-8-14-24,25-15-9-5-10-16-25)26-17-11-6-12-18-26/h4-22,30H,1-3H3. The summed E-state index contributed by atoms with van der Waals surface area (Å²) in [6.45, 7) is 6.24. The van der Waals surface area contributed by atoms with Gasteiger partial charge in [-0.2, -0.15) is 0 Å². The molecule has 4 aromatic rings. The maximum atomic E-state index is 6.10. The predicted molar refractivity (Wildman–Crippen MR) is 133 cm³/mol. The van der Waals surface area contributed by atoms with Crippen LogP contribution < -0.4 is 26.0 Å². The van der Waals surface area contributed by atoms with Gasteiger partial charge in [0.15, 0.2) is 0 Å². The van der Waals surface area contributed by atoms with E-state index in [9.17, 15) is 0 Å². The van der Waals surface area contributed by atoms with E-state index in [2.05, 4.69) is 136 Å². The van der Waals surface area contributed by atoms with E-state index in [-0.39, 0.29) is 5.60 Å². The molecule has 0 aliphatic carbocycles. The van der Waals surface area contributed by atoms with Crippen molar-refractivity contribution in [2.75, 3.05) is 0 Å². The molecule has 0 aliphatic heterocycles. The van der Waals surface area contributed by atoms with Gasteiger partial charge in [0, 0.05) is 0 Å². The van der Waals surface area contributed by atoms with E-state index in [1.165, 1.54) is 21.2 Å². The van der Waals surface area contributed by atoms with Crippen molar-refractivity contribution >= 4 is 28.5 Å². The first-order valence-electron chi connectivity index (χ1n) is 10.5. The summed E-state index contributed by atoms with van der Waals surface area (Å²) >= 11 is 0. The second-order valence-corrected chi connectivity index (χ2v) is 12.4. The molecule has 30 heavy (non-hydrogen) atoms. The van der Waals surface area contributed by atoms with Gasteiger partial charge < -0.3 is 0 Å². The number of benzene rings is 4. The average Bonchev–Trinajstić information content (AvgIpc) is 2.77. The topological polar surface area (TPSA) is 9.23 Å². The Labute approximate surface area is 180 Å². The van der Waals surface area contributed by atoms with Gasteiger partial charge in [-0.1, -0.05) is 0 Å². The third-order valence-corrected chi connectivity index (χ3v) is 10.1. The molecule has 0 amide bonds. The first-order chi connectivity index (χ1) is 14.5. The molecule has 0 bridgehead atoms. The minimum absolute atomic E-state index is 0.214. The predicted octanol–water partition coefficient (Wildman–Crippen LogP) is 5.22. The zero-order valence-electron chi connectivity index (χ0n) is 17.9. The Morgan fingerprint density at radius 1 is 0.467 bits per heavy atom. The first-order valence-corrected chi connectivity index (χ1v) is 12.5. The molecule has 0 heterocycles. The van der Waals surface area contributed by atoms with Crippen molar-refractivity contribution in [1.82, 2.24) is 0 Å². The molecule has 0 spiro atoms. The summed E-state index contributed by atoms with van der Waals surface area (Å²) in [5.74, 6) is 0.906. The van der Waals surface area contributed by atoms with E-state index in [0.717, 1.165) is 5.75 Å². The molecule has 0 saturated heterocycles. The summed E-state index contributed by atoms with van der Waals surface area (Å²) in [5, 5.41) is 5.50. The van der Waals surface area contributed by atoms with Gasteiger partial charge in [-0.25, -0.2) is 0 Å². The fourth-order valence-corrected chi connectivity index (χ4v) is 8.94. The summed E-state index contributed by atoms with van der Waals surface area (Å²) in [6.07, 6.45) is 0. The summed E-state index contributed by atoms with van der Waals surface area (Å²) in [7, 11) is -2.44. The zero-order chi connectivity index (χ0) is 21.0. The number of rotatable bonds is 5. The van der Waals surface area contributed by atoms with Gasteiger partial charge in [0.25, 0.3) is 0 Å². The van der Waals surface area contributed by atoms with E-state index >= 15 is 0 Å². The molecular weight excluding hydrogens is 383 g/mol. The third-order valence-electron chi connectivity index (χ3n) is 5.33. The van der Waals surface area contributed by atoms with Crippen LogP contribution in [0.3, 0.4) is 0 Å². The molecule has 0 saturated carbocycles. The average molecular weight is 413 g/mol. The molecule has 4 aromatic carbocycles. The van der Waals surface area contributed by atoms with Gasteiger partial charge >= 0.3 is 181 Å². The SMILES string of the molecule is CC(C)(C)Oc1ccc([PH](c2ccccc2)(c2ccccc2)c2ccccc2)cc1. The van der Waals surface area contributed by atoms with Gasteiger partial charge in [-0.3, -0.25) is 0 Å². The van der Waals surface area contributed by atoms with Crippen LogP contribution in [0.25, 0.3) is 0 Å². The van der Waals surface area contributed by atoms with Gasteiger partial charge in [-0.05, 0) is 0 Å². The molecular formula is C28H29OP. The Balaban J connectivity index is 1.98. The van der Waals surface area contributed by atoms with Crippen LogP contribution in [-0.2, 0) is 0 Å². The molecule has 152 valence electrons. The van der Waals surface area contributed by atoms with E-state index in [1.807, 2.05) is 0 Å². The van der Waals surface area contributed by atoms with Crippen LogP contribution >= 0.6 is 7.26 Å². The molecule has 2 heteroatoms. The van der Waals surface area contributed by atoms with Crippen molar-refractivity contribution in [3.05, 3.63) is 115 Å². The third kappa shape index (κ3) is 4.04. The van der Waals surface area contributed by atoms with Crippen LogP contribution in [-0.4, -0.2) is 5.60 Å². The van der Waals surface area contributed by atoms with Crippen LogP contribution in [0.5, 0.6) is 5.75 Å². The molecule has 0 fully saturated rings. The Bertz CT molecular complexity index is 970. The molecule has 0 radical (unpaired) electrons. The van der Waals surface area contributed by atoms with Crippen molar-refractivity contribution in [2.24, 2.45) is 0 Å². The van der Waals surface area contributed by atoms with Crippen LogP contribution in [0.1, 0.15) is 20.8 Å². The van der Waals surface area contributed by atoms with Crippen LogP contribution in [0.2, 0.25) is 0 Å². The molecule has 0 aromatic heterocycles. The molecule has 0 atom stereocenters. The van der Waals surface area contributed by atoms with Gasteiger partial charge in [-0.15, -0.1) is 0 Å². The van der Waals surface area contributed by atoms with E-state index in [0.29, 0.717) is 0 Å². The number of hydrogen-bond donors (Lipinski definition) is 0. The first kappa shape index (κ1) is 20.4. The Morgan fingerprint density at radius 3 is 1.13 bits per heavy atom. The fourth-order valence-electron chi connectivity index (χ4n) is 4.19. The van der Waals surface area contributed by atoms with E-state index < -0.39 is 7.26 Å². The second kappa shape index (κ2) is 8.46. The normalized spacial score (nSPS) is 12.4. The van der Waals surface area contributed by atoms with Gasteiger partial charge in [0.2, 0.25) is 0 Å². The summed E-state index contributed by atoms with van der Waals surface area (Å²) in [5.41, 5.74) is -0.214. The van der Waals surface area contributed by atoms with Crippen molar-refractivity contribution < 1.29 is 4.74 Å². The molecule has 4 rings (SSSR count). The maximum absolute atomic E-state index is 6.10. The van der Waals surface area contributed by atoms with Crippen molar-refractivity contribution in [1.29, 1.82) is 0 Å². The van der Waals surface area contributed by atoms with Crippen LogP contribution in [0.4, 0.5) is 0 Å². The number of hydrogen-bond acceptors (Lipinski definition) is 1. The Morgan fingerprint density at radius 2 is 0.800 bits per heavy atom. The summed E-state index contributed by atoms with van der Waals surface area (Å²) in [4.78, 5) is 0. The van der Waals surface area contributed by atoms with Gasteiger partial charge in [0.05, 0.1) is 0 Å². The number of ether oxygens (including phenoxy) is 1. The molecule has 1 nitrogen and oxygen atoms in total. The van der Waals surface area contributed by atoms with E-state index in [4.69, 9.17) is 4.74 Å². The van der Waals surface area contributed by atoms with Crippen molar-refractivity contribution in [3.8, 4) is 5.75 Å². The summed E-state index contributed by atoms with van der Waals surface area (Å²) in [6, 6.07) is 41.7. The van der Waals surface area contributed by atoms with Crippen molar-refractivity contribution in [2.45, 2.75) is 26.4 Å². The molecule has 0 N–H and O–H groups in total.